The van der Waals surface area contributed by atoms with Crippen LogP contribution in [0.1, 0.15) is 75.1 Å². The summed E-state index contributed by atoms with van der Waals surface area (Å²) in [5, 5.41) is 0. The molecule has 3 saturated heterocycles. The van der Waals surface area contributed by atoms with Crippen LogP contribution in [0.2, 0.25) is 0 Å². The van der Waals surface area contributed by atoms with Crippen molar-refractivity contribution in [3.63, 3.8) is 0 Å². The van der Waals surface area contributed by atoms with Gasteiger partial charge in [-0.3, -0.25) is 14.5 Å². The van der Waals surface area contributed by atoms with Gasteiger partial charge < -0.3 is 14.5 Å². The lowest BCUT2D eigenvalue weighted by Gasteiger charge is -2.57. The molecule has 4 atom stereocenters. The van der Waals surface area contributed by atoms with E-state index in [9.17, 15) is 9.59 Å². The Morgan fingerprint density at radius 1 is 1.03 bits per heavy atom. The van der Waals surface area contributed by atoms with Gasteiger partial charge in [-0.25, -0.2) is 0 Å². The van der Waals surface area contributed by atoms with Crippen LogP contribution in [0.5, 0.6) is 0 Å². The zero-order chi connectivity index (χ0) is 26.9. The summed E-state index contributed by atoms with van der Waals surface area (Å²) in [5.74, 6) is 2.08. The highest BCUT2D eigenvalue weighted by Crippen LogP contribution is 2.43. The first-order valence-corrected chi connectivity index (χ1v) is 15.8. The van der Waals surface area contributed by atoms with E-state index in [0.717, 1.165) is 63.0 Å². The Morgan fingerprint density at radius 3 is 2.42 bits per heavy atom. The number of halogens is 2. The number of piperidine rings is 3. The molecule has 0 radical (unpaired) electrons. The van der Waals surface area contributed by atoms with Gasteiger partial charge in [0.15, 0.2) is 0 Å². The molecule has 212 valence electrons. The summed E-state index contributed by atoms with van der Waals surface area (Å²) < 4.78 is 5.40. The van der Waals surface area contributed by atoms with Crippen LogP contribution < -0.4 is 4.90 Å². The van der Waals surface area contributed by atoms with E-state index in [1.807, 2.05) is 24.3 Å². The Balaban J connectivity index is 1.49. The van der Waals surface area contributed by atoms with Crippen LogP contribution in [0.4, 0.5) is 5.69 Å². The third-order valence-electron chi connectivity index (χ3n) is 8.76. The molecule has 38 heavy (non-hydrogen) atoms. The number of unbranched alkanes of at least 4 members (excludes halogenated alkanes) is 1. The molecular weight excluding hydrogens is 521 g/mol. The number of rotatable bonds is 13. The fourth-order valence-electron chi connectivity index (χ4n) is 7.01. The highest BCUT2D eigenvalue weighted by Gasteiger charge is 2.49. The minimum absolute atomic E-state index is 0.109. The molecule has 6 nitrogen and oxygen atoms in total. The lowest BCUT2D eigenvalue weighted by Crippen LogP contribution is -2.65. The van der Waals surface area contributed by atoms with Gasteiger partial charge in [0.05, 0.1) is 6.61 Å². The average molecular weight is 567 g/mol. The summed E-state index contributed by atoms with van der Waals surface area (Å²) >= 11 is 12.0. The lowest BCUT2D eigenvalue weighted by atomic mass is 9.69. The first-order valence-electron chi connectivity index (χ1n) is 14.7. The number of carbonyl (C=O) groups excluding carboxylic acids is 2. The Kier molecular flexibility index (Phi) is 11.5. The van der Waals surface area contributed by atoms with Crippen molar-refractivity contribution >= 4 is 40.8 Å². The standard InChI is InChI=1S/C30H45Cl2N3O3/c1-2-3-21-38-28(36)10-4-9-27-26-8-6-18-34-17-5-7-24(29(26)34)22-35(27)30(37)23-11-13-25(14-12-23)33(19-15-31)20-16-32/h11-14,24,26-27,29H,2-10,15-22H2,1H3/t24-,26-,27+,29+/m1/s1. The van der Waals surface area contributed by atoms with Gasteiger partial charge in [-0.05, 0) is 94.1 Å². The fourth-order valence-corrected chi connectivity index (χ4v) is 7.42. The van der Waals surface area contributed by atoms with Gasteiger partial charge in [-0.1, -0.05) is 13.3 Å². The first-order chi connectivity index (χ1) is 18.6. The van der Waals surface area contributed by atoms with E-state index in [4.69, 9.17) is 27.9 Å². The van der Waals surface area contributed by atoms with Crippen LogP contribution in [0.3, 0.4) is 0 Å². The van der Waals surface area contributed by atoms with Gasteiger partial charge in [0, 0.05) is 61.1 Å². The summed E-state index contributed by atoms with van der Waals surface area (Å²) in [4.78, 5) is 33.3. The third-order valence-corrected chi connectivity index (χ3v) is 9.10. The Labute approximate surface area is 238 Å². The molecule has 0 bridgehead atoms. The normalized spacial score (nSPS) is 25.1. The van der Waals surface area contributed by atoms with Crippen molar-refractivity contribution in [3.05, 3.63) is 29.8 Å². The van der Waals surface area contributed by atoms with Crippen molar-refractivity contribution in [1.82, 2.24) is 9.80 Å². The van der Waals surface area contributed by atoms with Crippen LogP contribution in [0, 0.1) is 11.8 Å². The number of hydrogen-bond acceptors (Lipinski definition) is 5. The Hall–Kier alpha value is -1.50. The van der Waals surface area contributed by atoms with E-state index < -0.39 is 0 Å². The molecule has 4 rings (SSSR count). The van der Waals surface area contributed by atoms with Crippen molar-refractivity contribution in [2.45, 2.75) is 76.8 Å². The lowest BCUT2D eigenvalue weighted by molar-refractivity contribution is -0.144. The number of alkyl halides is 2. The number of nitrogens with zero attached hydrogens (tertiary/aromatic N) is 3. The van der Waals surface area contributed by atoms with Crippen molar-refractivity contribution in [3.8, 4) is 0 Å². The SMILES string of the molecule is CCCCOC(=O)CCC[C@H]1[C@H]2CCCN3CCC[C@H](CN1C(=O)c1ccc(N(CCCl)CCCl)cc1)[C@@H]23. The maximum atomic E-state index is 14.0. The smallest absolute Gasteiger partial charge is 0.305 e. The number of ether oxygens (including phenoxy) is 1. The molecule has 0 N–H and O–H groups in total. The Morgan fingerprint density at radius 2 is 1.74 bits per heavy atom. The maximum Gasteiger partial charge on any atom is 0.305 e. The average Bonchev–Trinajstić information content (AvgIpc) is 2.94. The first kappa shape index (κ1) is 29.5. The van der Waals surface area contributed by atoms with Crippen LogP contribution in [0.15, 0.2) is 24.3 Å². The van der Waals surface area contributed by atoms with Crippen molar-refractivity contribution in [2.24, 2.45) is 11.8 Å². The molecule has 3 heterocycles. The number of benzene rings is 1. The second kappa shape index (κ2) is 14.8. The van der Waals surface area contributed by atoms with E-state index in [1.165, 1.54) is 32.4 Å². The second-order valence-electron chi connectivity index (χ2n) is 11.1. The molecular formula is C30H45Cl2N3O3. The molecule has 0 aliphatic carbocycles. The van der Waals surface area contributed by atoms with Crippen LogP contribution in [0.25, 0.3) is 0 Å². The summed E-state index contributed by atoms with van der Waals surface area (Å²) in [5.41, 5.74) is 1.77. The van der Waals surface area contributed by atoms with Crippen molar-refractivity contribution in [2.75, 3.05) is 56.0 Å². The number of amides is 1. The van der Waals surface area contributed by atoms with Gasteiger partial charge in [-0.2, -0.15) is 0 Å². The van der Waals surface area contributed by atoms with Crippen LogP contribution >= 0.6 is 23.2 Å². The molecule has 0 saturated carbocycles. The predicted octanol–water partition coefficient (Wildman–Crippen LogP) is 5.80. The van der Waals surface area contributed by atoms with Gasteiger partial charge >= 0.3 is 5.97 Å². The topological polar surface area (TPSA) is 53.1 Å². The molecule has 3 fully saturated rings. The van der Waals surface area contributed by atoms with Gasteiger partial charge in [0.1, 0.15) is 0 Å². The molecule has 1 aromatic carbocycles. The highest BCUT2D eigenvalue weighted by molar-refractivity contribution is 6.18. The highest BCUT2D eigenvalue weighted by atomic mass is 35.5. The number of carbonyl (C=O) groups is 2. The Bertz CT molecular complexity index is 891. The molecule has 0 aromatic heterocycles. The van der Waals surface area contributed by atoms with Crippen molar-refractivity contribution in [1.29, 1.82) is 0 Å². The molecule has 8 heteroatoms. The maximum absolute atomic E-state index is 14.0. The summed E-state index contributed by atoms with van der Waals surface area (Å²) in [6.07, 6.45) is 8.75. The van der Waals surface area contributed by atoms with E-state index in [0.29, 0.717) is 42.7 Å². The monoisotopic (exact) mass is 565 g/mol. The summed E-state index contributed by atoms with van der Waals surface area (Å²) in [6, 6.07) is 8.68. The second-order valence-corrected chi connectivity index (χ2v) is 11.9. The summed E-state index contributed by atoms with van der Waals surface area (Å²) in [7, 11) is 0. The number of esters is 1. The largest absolute Gasteiger partial charge is 0.466 e. The number of hydrogen-bond donors (Lipinski definition) is 0. The zero-order valence-corrected chi connectivity index (χ0v) is 24.5. The molecule has 1 aromatic rings. The van der Waals surface area contributed by atoms with Gasteiger partial charge in [-0.15, -0.1) is 23.2 Å². The number of anilines is 1. The predicted molar refractivity (Wildman–Crippen MR) is 155 cm³/mol. The van der Waals surface area contributed by atoms with E-state index >= 15 is 0 Å². The van der Waals surface area contributed by atoms with Gasteiger partial charge in [0.2, 0.25) is 0 Å². The van der Waals surface area contributed by atoms with E-state index in [-0.39, 0.29) is 17.9 Å². The fraction of sp³-hybridized carbons (Fsp3) is 0.733. The summed E-state index contributed by atoms with van der Waals surface area (Å²) in [6.45, 7) is 7.23. The third kappa shape index (κ3) is 7.17. The zero-order valence-electron chi connectivity index (χ0n) is 23.0. The molecule has 3 aliphatic heterocycles. The number of likely N-dealkylation sites (tertiary alicyclic amines) is 1. The van der Waals surface area contributed by atoms with Crippen LogP contribution in [-0.2, 0) is 9.53 Å². The van der Waals surface area contributed by atoms with E-state index in [2.05, 4.69) is 21.6 Å². The molecule has 1 amide bonds. The molecule has 0 unspecified atom stereocenters. The molecule has 3 aliphatic rings. The quantitative estimate of drug-likeness (QED) is 0.172. The minimum Gasteiger partial charge on any atom is -0.466 e. The minimum atomic E-state index is -0.109. The molecule has 0 spiro atoms. The van der Waals surface area contributed by atoms with Crippen molar-refractivity contribution < 1.29 is 14.3 Å². The van der Waals surface area contributed by atoms with Gasteiger partial charge in [0.25, 0.3) is 5.91 Å². The van der Waals surface area contributed by atoms with Crippen LogP contribution in [-0.4, -0.2) is 84.9 Å². The van der Waals surface area contributed by atoms with E-state index in [1.54, 1.807) is 0 Å².